The van der Waals surface area contributed by atoms with Crippen molar-refractivity contribution in [3.8, 4) is 0 Å². The number of aliphatic carboxylic acids is 1. The molecule has 1 saturated heterocycles. The first-order valence-electron chi connectivity index (χ1n) is 13.7. The number of anilines is 1. The molecule has 12 heteroatoms. The average Bonchev–Trinajstić information content (AvgIpc) is 3.27. The van der Waals surface area contributed by atoms with Crippen molar-refractivity contribution in [2.24, 2.45) is 5.41 Å². The summed E-state index contributed by atoms with van der Waals surface area (Å²) in [5, 5.41) is 26.9. The number of nitrogens with zero attached hydrogens (tertiary/aromatic N) is 4. The molecule has 0 radical (unpaired) electrons. The fourth-order valence-electron chi connectivity index (χ4n) is 5.40. The van der Waals surface area contributed by atoms with Gasteiger partial charge in [-0.1, -0.05) is 44.2 Å². The van der Waals surface area contributed by atoms with Gasteiger partial charge in [-0.2, -0.15) is 5.10 Å². The second-order valence-corrected chi connectivity index (χ2v) is 11.4. The van der Waals surface area contributed by atoms with E-state index < -0.39 is 34.4 Å². The van der Waals surface area contributed by atoms with Crippen LogP contribution in [0.2, 0.25) is 0 Å². The summed E-state index contributed by atoms with van der Waals surface area (Å²) in [5.74, 6) is -4.24. The van der Waals surface area contributed by atoms with Crippen molar-refractivity contribution < 1.29 is 33.9 Å². The highest BCUT2D eigenvalue weighted by atomic mass is 16.6. The summed E-state index contributed by atoms with van der Waals surface area (Å²) in [7, 11) is 1.38. The van der Waals surface area contributed by atoms with Crippen LogP contribution >= 0.6 is 0 Å². The highest BCUT2D eigenvalue weighted by molar-refractivity contribution is 6.13. The number of rotatable bonds is 9. The molecule has 42 heavy (non-hydrogen) atoms. The van der Waals surface area contributed by atoms with Crippen molar-refractivity contribution in [1.82, 2.24) is 9.78 Å². The van der Waals surface area contributed by atoms with Crippen LogP contribution < -0.4 is 4.90 Å². The fourth-order valence-corrected chi connectivity index (χ4v) is 5.40. The predicted octanol–water partition coefficient (Wildman–Crippen LogP) is 5.05. The summed E-state index contributed by atoms with van der Waals surface area (Å²) < 4.78 is 12.6. The Balaban J connectivity index is 1.46. The number of carboxylic acids is 1. The first-order chi connectivity index (χ1) is 20.0. The second-order valence-electron chi connectivity index (χ2n) is 11.4. The topological polar surface area (TPSA) is 154 Å². The zero-order chi connectivity index (χ0) is 30.2. The number of hydrogen-bond donors (Lipinski definition) is 1. The van der Waals surface area contributed by atoms with Crippen LogP contribution in [-0.4, -0.2) is 51.3 Å². The van der Waals surface area contributed by atoms with Gasteiger partial charge >= 0.3 is 12.1 Å². The van der Waals surface area contributed by atoms with E-state index in [-0.39, 0.29) is 35.2 Å². The summed E-state index contributed by atoms with van der Waals surface area (Å²) in [6.07, 6.45) is 1.57. The SMILES string of the molecule is CN(C(=O)OCc1ccccc1)c1ccc(C(C(=O)O)C(=O)c2nn(C3CCO3)c3c2CCC(C)(C)C3)c([N+](=O)[O-])c1. The Morgan fingerprint density at radius 1 is 1.24 bits per heavy atom. The first kappa shape index (κ1) is 28.9. The number of nitro groups is 1. The minimum atomic E-state index is -1.88. The summed E-state index contributed by atoms with van der Waals surface area (Å²) in [6.45, 7) is 4.81. The van der Waals surface area contributed by atoms with Crippen molar-refractivity contribution in [1.29, 1.82) is 0 Å². The number of carbonyl (C=O) groups excluding carboxylic acids is 2. The van der Waals surface area contributed by atoms with Gasteiger partial charge in [0.15, 0.2) is 12.1 Å². The van der Waals surface area contributed by atoms with Gasteiger partial charge in [0.1, 0.15) is 12.3 Å². The van der Waals surface area contributed by atoms with E-state index in [1.54, 1.807) is 28.9 Å². The normalized spacial score (nSPS) is 17.8. The number of nitro benzene ring substituents is 1. The smallest absolute Gasteiger partial charge is 0.414 e. The molecule has 5 rings (SSSR count). The van der Waals surface area contributed by atoms with Gasteiger partial charge in [-0.05, 0) is 42.4 Å². The maximum atomic E-state index is 13.9. The minimum absolute atomic E-state index is 0.000170. The van der Waals surface area contributed by atoms with E-state index in [0.717, 1.165) is 35.1 Å². The first-order valence-corrected chi connectivity index (χ1v) is 13.7. The number of hydrogen-bond acceptors (Lipinski definition) is 8. The van der Waals surface area contributed by atoms with Gasteiger partial charge in [-0.15, -0.1) is 0 Å². The van der Waals surface area contributed by atoms with Crippen molar-refractivity contribution in [2.45, 2.75) is 58.3 Å². The zero-order valence-electron chi connectivity index (χ0n) is 23.6. The van der Waals surface area contributed by atoms with Crippen LogP contribution in [0.3, 0.4) is 0 Å². The lowest BCUT2D eigenvalue weighted by atomic mass is 9.75. The van der Waals surface area contributed by atoms with Crippen LogP contribution in [0.1, 0.15) is 71.7 Å². The molecule has 0 saturated carbocycles. The predicted molar refractivity (Wildman–Crippen MR) is 150 cm³/mol. The molecule has 0 bridgehead atoms. The van der Waals surface area contributed by atoms with Crippen LogP contribution in [-0.2, 0) is 33.7 Å². The van der Waals surface area contributed by atoms with Gasteiger partial charge in [0.25, 0.3) is 5.69 Å². The summed E-state index contributed by atoms with van der Waals surface area (Å²) in [4.78, 5) is 51.5. The molecule has 1 aromatic heterocycles. The number of amides is 1. The van der Waals surface area contributed by atoms with Crippen molar-refractivity contribution in [3.63, 3.8) is 0 Å². The zero-order valence-corrected chi connectivity index (χ0v) is 23.6. The van der Waals surface area contributed by atoms with E-state index in [1.165, 1.54) is 19.2 Å². The number of carboxylic acid groups (broad SMARTS) is 1. The quantitative estimate of drug-likeness (QED) is 0.159. The Hall–Kier alpha value is -4.58. The average molecular weight is 577 g/mol. The molecular formula is C30H32N4O8. The van der Waals surface area contributed by atoms with Crippen LogP contribution in [0.25, 0.3) is 0 Å². The molecule has 12 nitrogen and oxygen atoms in total. The van der Waals surface area contributed by atoms with Crippen LogP contribution in [0.15, 0.2) is 48.5 Å². The van der Waals surface area contributed by atoms with E-state index in [0.29, 0.717) is 25.0 Å². The van der Waals surface area contributed by atoms with Gasteiger partial charge in [0.05, 0.1) is 22.8 Å². The Morgan fingerprint density at radius 3 is 2.57 bits per heavy atom. The highest BCUT2D eigenvalue weighted by Crippen LogP contribution is 2.41. The molecule has 1 fully saturated rings. The number of aromatic nitrogens is 2. The number of Topliss-reactive ketones (excluding diaryl/α,β-unsaturated/α-hetero) is 1. The third-order valence-electron chi connectivity index (χ3n) is 7.89. The maximum absolute atomic E-state index is 13.9. The van der Waals surface area contributed by atoms with Gasteiger partial charge in [-0.25, -0.2) is 9.48 Å². The summed E-state index contributed by atoms with van der Waals surface area (Å²) in [5.41, 5.74) is 1.43. The molecule has 1 aliphatic carbocycles. The number of carbonyl (C=O) groups is 3. The van der Waals surface area contributed by atoms with E-state index in [4.69, 9.17) is 9.47 Å². The third kappa shape index (κ3) is 5.62. The molecule has 2 unspecified atom stereocenters. The summed E-state index contributed by atoms with van der Waals surface area (Å²) >= 11 is 0. The molecule has 2 heterocycles. The lowest BCUT2D eigenvalue weighted by molar-refractivity contribution is -0.385. The Bertz CT molecular complexity index is 1540. The standard InChI is InChI=1S/C30H32N4O8/c1-30(2)13-11-21-23(16-30)33(24-12-14-41-24)31-26(21)27(35)25(28(36)37)20-10-9-19(15-22(20)34(39)40)32(3)29(38)42-17-18-7-5-4-6-8-18/h4-10,15,24-25H,11-14,16-17H2,1-3H3,(H,36,37). The van der Waals surface area contributed by atoms with Gasteiger partial charge in [0.2, 0.25) is 5.78 Å². The van der Waals surface area contributed by atoms with Crippen LogP contribution in [0, 0.1) is 15.5 Å². The molecule has 1 aliphatic heterocycles. The van der Waals surface area contributed by atoms with Gasteiger partial charge in [-0.3, -0.25) is 24.6 Å². The number of ketones is 1. The Kier molecular flexibility index (Phi) is 7.83. The third-order valence-corrected chi connectivity index (χ3v) is 7.89. The van der Waals surface area contributed by atoms with Gasteiger partial charge in [0, 0.05) is 30.8 Å². The van der Waals surface area contributed by atoms with Crippen molar-refractivity contribution >= 4 is 29.2 Å². The largest absolute Gasteiger partial charge is 0.480 e. The Morgan fingerprint density at radius 2 is 1.95 bits per heavy atom. The van der Waals surface area contributed by atoms with Crippen LogP contribution in [0.5, 0.6) is 0 Å². The fraction of sp³-hybridized carbons (Fsp3) is 0.400. The molecule has 2 aromatic carbocycles. The molecule has 1 N–H and O–H groups in total. The molecule has 2 aliphatic rings. The molecule has 1 amide bonds. The Labute approximate surface area is 242 Å². The molecular weight excluding hydrogens is 544 g/mol. The highest BCUT2D eigenvalue weighted by Gasteiger charge is 2.41. The van der Waals surface area contributed by atoms with E-state index in [1.807, 2.05) is 6.07 Å². The molecule has 0 spiro atoms. The van der Waals surface area contributed by atoms with E-state index in [9.17, 15) is 29.6 Å². The second kappa shape index (κ2) is 11.4. The lowest BCUT2D eigenvalue weighted by Crippen LogP contribution is -2.30. The number of benzene rings is 2. The minimum Gasteiger partial charge on any atom is -0.480 e. The molecule has 2 atom stereocenters. The number of ether oxygens (including phenoxy) is 2. The molecule has 220 valence electrons. The molecule has 3 aromatic rings. The van der Waals surface area contributed by atoms with E-state index >= 15 is 0 Å². The van der Waals surface area contributed by atoms with Crippen molar-refractivity contribution in [3.05, 3.63) is 86.7 Å². The van der Waals surface area contributed by atoms with E-state index in [2.05, 4.69) is 18.9 Å². The lowest BCUT2D eigenvalue weighted by Gasteiger charge is -2.33. The van der Waals surface area contributed by atoms with Gasteiger partial charge < -0.3 is 14.6 Å². The maximum Gasteiger partial charge on any atom is 0.414 e. The van der Waals surface area contributed by atoms with Crippen molar-refractivity contribution in [2.75, 3.05) is 18.6 Å². The van der Waals surface area contributed by atoms with Crippen LogP contribution in [0.4, 0.5) is 16.2 Å². The monoisotopic (exact) mass is 576 g/mol. The number of fused-ring (bicyclic) bond motifs is 1. The summed E-state index contributed by atoms with van der Waals surface area (Å²) in [6, 6.07) is 12.6.